The lowest BCUT2D eigenvalue weighted by atomic mass is 9.72. The highest BCUT2D eigenvalue weighted by Crippen LogP contribution is 2.45. The van der Waals surface area contributed by atoms with Crippen molar-refractivity contribution < 1.29 is 19.7 Å². The summed E-state index contributed by atoms with van der Waals surface area (Å²) in [5, 5.41) is 21.6. The Kier molecular flexibility index (Phi) is 5.42. The molecule has 5 unspecified atom stereocenters. The molecule has 1 aliphatic heterocycles. The highest BCUT2D eigenvalue weighted by Gasteiger charge is 2.49. The van der Waals surface area contributed by atoms with Crippen LogP contribution in [0.4, 0.5) is 0 Å². The molecule has 0 amide bonds. The molecule has 4 rings (SSSR count). The van der Waals surface area contributed by atoms with Gasteiger partial charge in [-0.1, -0.05) is 35.9 Å². The summed E-state index contributed by atoms with van der Waals surface area (Å²) in [5.41, 5.74) is 2.96. The number of halogens is 1. The van der Waals surface area contributed by atoms with Crippen molar-refractivity contribution in [3.05, 3.63) is 64.2 Å². The molecule has 2 fully saturated rings. The monoisotopic (exact) mass is 388 g/mol. The Balaban J connectivity index is 1.54. The largest absolute Gasteiger partial charge is 0.494 e. The maximum atomic E-state index is 10.5. The van der Waals surface area contributed by atoms with Crippen LogP contribution in [0.2, 0.25) is 5.02 Å². The fourth-order valence-electron chi connectivity index (χ4n) is 4.03. The predicted molar refractivity (Wildman–Crippen MR) is 104 cm³/mol. The van der Waals surface area contributed by atoms with E-state index in [1.165, 1.54) is 0 Å². The zero-order valence-electron chi connectivity index (χ0n) is 15.3. The molecule has 4 nitrogen and oxygen atoms in total. The minimum Gasteiger partial charge on any atom is -0.494 e. The minimum absolute atomic E-state index is 0.0404. The summed E-state index contributed by atoms with van der Waals surface area (Å²) in [6, 6.07) is 13.7. The van der Waals surface area contributed by atoms with E-state index in [4.69, 9.17) is 21.1 Å². The quantitative estimate of drug-likeness (QED) is 0.815. The van der Waals surface area contributed by atoms with E-state index in [9.17, 15) is 10.2 Å². The Morgan fingerprint density at radius 2 is 1.85 bits per heavy atom. The minimum atomic E-state index is -0.911. The highest BCUT2D eigenvalue weighted by molar-refractivity contribution is 6.31. The molecule has 0 spiro atoms. The number of aliphatic hydroxyl groups is 2. The lowest BCUT2D eigenvalue weighted by Crippen LogP contribution is -2.55. The van der Waals surface area contributed by atoms with Gasteiger partial charge >= 0.3 is 0 Å². The van der Waals surface area contributed by atoms with E-state index in [2.05, 4.69) is 0 Å². The first-order valence-corrected chi connectivity index (χ1v) is 9.96. The van der Waals surface area contributed by atoms with Crippen LogP contribution in [0.15, 0.2) is 42.5 Å². The zero-order valence-corrected chi connectivity index (χ0v) is 16.1. The van der Waals surface area contributed by atoms with E-state index in [0.717, 1.165) is 35.3 Å². The van der Waals surface area contributed by atoms with Gasteiger partial charge in [0.2, 0.25) is 0 Å². The molecule has 0 bridgehead atoms. The Morgan fingerprint density at radius 1 is 1.07 bits per heavy atom. The Labute approximate surface area is 164 Å². The summed E-state index contributed by atoms with van der Waals surface area (Å²) in [5.74, 6) is 0.913. The fraction of sp³-hybridized carbons (Fsp3) is 0.455. The van der Waals surface area contributed by atoms with E-state index in [0.29, 0.717) is 18.1 Å². The average Bonchev–Trinajstić information content (AvgIpc) is 2.64. The average molecular weight is 389 g/mol. The molecule has 1 saturated carbocycles. The maximum Gasteiger partial charge on any atom is 0.119 e. The summed E-state index contributed by atoms with van der Waals surface area (Å²) in [7, 11) is 0. The second-order valence-electron chi connectivity index (χ2n) is 7.42. The van der Waals surface area contributed by atoms with Gasteiger partial charge in [-0.3, -0.25) is 0 Å². The van der Waals surface area contributed by atoms with Crippen LogP contribution >= 0.6 is 11.6 Å². The lowest BCUT2D eigenvalue weighted by molar-refractivity contribution is -0.233. The highest BCUT2D eigenvalue weighted by atomic mass is 35.5. The fourth-order valence-corrected chi connectivity index (χ4v) is 4.21. The molecular weight excluding hydrogens is 364 g/mol. The molecule has 5 heteroatoms. The van der Waals surface area contributed by atoms with Crippen molar-refractivity contribution in [2.24, 2.45) is 5.92 Å². The van der Waals surface area contributed by atoms with Gasteiger partial charge in [-0.15, -0.1) is 0 Å². The molecular formula is C22H25ClO4. The number of benzene rings is 2. The van der Waals surface area contributed by atoms with E-state index >= 15 is 0 Å². The topological polar surface area (TPSA) is 58.9 Å². The summed E-state index contributed by atoms with van der Waals surface area (Å²) >= 11 is 6.42. The van der Waals surface area contributed by atoms with Gasteiger partial charge in [0.1, 0.15) is 18.0 Å². The molecule has 1 heterocycles. The molecule has 2 aromatic carbocycles. The summed E-state index contributed by atoms with van der Waals surface area (Å²) in [6.45, 7) is 2.61. The summed E-state index contributed by atoms with van der Waals surface area (Å²) < 4.78 is 11.6. The van der Waals surface area contributed by atoms with Crippen LogP contribution in [0.1, 0.15) is 42.6 Å². The number of rotatable bonds is 5. The third-order valence-corrected chi connectivity index (χ3v) is 6.08. The van der Waals surface area contributed by atoms with E-state index in [1.807, 2.05) is 49.4 Å². The standard InChI is InChI=1S/C22H25ClO4/c1-2-26-16-6-3-13(4-7-16)11-15-12-14(5-9-18(15)23)22-21(25)20(24)17-8-10-19(17)27-22/h3-7,9,12,17,19-22,24-25H,2,8,10-11H2,1H3. The Hall–Kier alpha value is -1.59. The second kappa shape index (κ2) is 7.80. The molecule has 1 saturated heterocycles. The van der Waals surface area contributed by atoms with Gasteiger partial charge in [-0.25, -0.2) is 0 Å². The van der Waals surface area contributed by atoms with Crippen LogP contribution in [0.25, 0.3) is 0 Å². The van der Waals surface area contributed by atoms with Crippen LogP contribution in [0, 0.1) is 5.92 Å². The van der Waals surface area contributed by atoms with Crippen LogP contribution in [0.3, 0.4) is 0 Å². The summed E-state index contributed by atoms with van der Waals surface area (Å²) in [4.78, 5) is 0. The molecule has 2 aliphatic rings. The van der Waals surface area contributed by atoms with Crippen LogP contribution < -0.4 is 4.74 Å². The Bertz CT molecular complexity index is 791. The molecule has 2 aromatic rings. The van der Waals surface area contributed by atoms with Crippen LogP contribution in [0.5, 0.6) is 5.75 Å². The lowest BCUT2D eigenvalue weighted by Gasteiger charge is -2.49. The van der Waals surface area contributed by atoms with Gasteiger partial charge in [-0.05, 0) is 61.1 Å². The van der Waals surface area contributed by atoms with Gasteiger partial charge < -0.3 is 19.7 Å². The Morgan fingerprint density at radius 3 is 2.52 bits per heavy atom. The van der Waals surface area contributed by atoms with Crippen molar-refractivity contribution in [2.45, 2.75) is 50.6 Å². The van der Waals surface area contributed by atoms with Crippen molar-refractivity contribution in [3.8, 4) is 5.75 Å². The number of ether oxygens (including phenoxy) is 2. The van der Waals surface area contributed by atoms with Gasteiger partial charge in [0, 0.05) is 10.9 Å². The van der Waals surface area contributed by atoms with E-state index < -0.39 is 18.3 Å². The number of fused-ring (bicyclic) bond motifs is 1. The molecule has 27 heavy (non-hydrogen) atoms. The molecule has 0 radical (unpaired) electrons. The molecule has 1 aliphatic carbocycles. The van der Waals surface area contributed by atoms with Crippen LogP contribution in [-0.2, 0) is 11.2 Å². The summed E-state index contributed by atoms with van der Waals surface area (Å²) in [6.07, 6.45) is 0.420. The molecule has 2 N–H and O–H groups in total. The van der Waals surface area contributed by atoms with Crippen LogP contribution in [-0.4, -0.2) is 35.1 Å². The van der Waals surface area contributed by atoms with Crippen molar-refractivity contribution in [2.75, 3.05) is 6.61 Å². The third-order valence-electron chi connectivity index (χ3n) is 5.71. The number of aliphatic hydroxyl groups excluding tert-OH is 2. The zero-order chi connectivity index (χ0) is 19.0. The first-order valence-electron chi connectivity index (χ1n) is 9.58. The third kappa shape index (κ3) is 3.72. The smallest absolute Gasteiger partial charge is 0.119 e. The normalized spacial score (nSPS) is 29.7. The maximum absolute atomic E-state index is 10.5. The number of hydrogen-bond donors (Lipinski definition) is 2. The van der Waals surface area contributed by atoms with Crippen molar-refractivity contribution >= 4 is 11.6 Å². The first-order chi connectivity index (χ1) is 13.1. The van der Waals surface area contributed by atoms with Gasteiger partial charge in [0.05, 0.1) is 18.8 Å². The van der Waals surface area contributed by atoms with Gasteiger partial charge in [-0.2, -0.15) is 0 Å². The predicted octanol–water partition coefficient (Wildman–Crippen LogP) is 3.90. The SMILES string of the molecule is CCOc1ccc(Cc2cc(C3OC4CCC4C(O)C3O)ccc2Cl)cc1. The van der Waals surface area contributed by atoms with E-state index in [-0.39, 0.29) is 12.0 Å². The number of hydrogen-bond acceptors (Lipinski definition) is 4. The molecule has 144 valence electrons. The first kappa shape index (κ1) is 18.8. The van der Waals surface area contributed by atoms with Crippen molar-refractivity contribution in [1.29, 1.82) is 0 Å². The van der Waals surface area contributed by atoms with Crippen molar-refractivity contribution in [3.63, 3.8) is 0 Å². The molecule has 0 aromatic heterocycles. The van der Waals surface area contributed by atoms with Gasteiger partial charge in [0.15, 0.2) is 0 Å². The van der Waals surface area contributed by atoms with Gasteiger partial charge in [0.25, 0.3) is 0 Å². The second-order valence-corrected chi connectivity index (χ2v) is 7.83. The molecule has 5 atom stereocenters. The van der Waals surface area contributed by atoms with E-state index in [1.54, 1.807) is 0 Å². The van der Waals surface area contributed by atoms with Crippen molar-refractivity contribution in [1.82, 2.24) is 0 Å².